The first-order valence-electron chi connectivity index (χ1n) is 5.90. The van der Waals surface area contributed by atoms with Crippen molar-refractivity contribution in [3.63, 3.8) is 0 Å². The summed E-state index contributed by atoms with van der Waals surface area (Å²) in [7, 11) is 2.63. The van der Waals surface area contributed by atoms with E-state index >= 15 is 0 Å². The second kappa shape index (κ2) is 6.23. The summed E-state index contributed by atoms with van der Waals surface area (Å²) < 4.78 is 14.7. The average molecular weight is 282 g/mol. The van der Waals surface area contributed by atoms with Gasteiger partial charge >= 0.3 is 12.1 Å². The first kappa shape index (κ1) is 15.7. The van der Waals surface area contributed by atoms with Crippen LogP contribution in [0.1, 0.15) is 31.3 Å². The molecule has 1 rings (SSSR count). The van der Waals surface area contributed by atoms with Crippen LogP contribution in [0.2, 0.25) is 0 Å². The normalized spacial score (nSPS) is 10.7. The summed E-state index contributed by atoms with van der Waals surface area (Å²) in [6, 6.07) is 2.91. The zero-order valence-corrected chi connectivity index (χ0v) is 12.1. The maximum atomic E-state index is 11.7. The van der Waals surface area contributed by atoms with Gasteiger partial charge < -0.3 is 14.2 Å². The summed E-state index contributed by atoms with van der Waals surface area (Å²) in [5.41, 5.74) is -0.232. The van der Waals surface area contributed by atoms with Crippen LogP contribution in [0.5, 0.6) is 5.88 Å². The Labute approximate surface area is 117 Å². The molecule has 0 saturated heterocycles. The molecule has 1 N–H and O–H groups in total. The molecule has 7 nitrogen and oxygen atoms in total. The molecule has 1 aromatic heterocycles. The zero-order chi connectivity index (χ0) is 15.3. The van der Waals surface area contributed by atoms with Crippen LogP contribution in [0.3, 0.4) is 0 Å². The Hall–Kier alpha value is -2.31. The number of pyridine rings is 1. The molecular formula is C13H18N2O5. The Morgan fingerprint density at radius 2 is 1.85 bits per heavy atom. The number of methoxy groups -OCH3 is 2. The fourth-order valence-electron chi connectivity index (χ4n) is 1.32. The SMILES string of the molecule is COC(=O)c1ccc(NC(=O)OC(C)(C)C)c(OC)n1. The third kappa shape index (κ3) is 4.42. The quantitative estimate of drug-likeness (QED) is 0.855. The van der Waals surface area contributed by atoms with E-state index < -0.39 is 17.7 Å². The molecule has 0 saturated carbocycles. The summed E-state index contributed by atoms with van der Waals surface area (Å²) in [5.74, 6) is -0.495. The van der Waals surface area contributed by atoms with Gasteiger partial charge in [-0.1, -0.05) is 0 Å². The van der Waals surface area contributed by atoms with Crippen LogP contribution in [0.15, 0.2) is 12.1 Å². The minimum atomic E-state index is -0.636. The van der Waals surface area contributed by atoms with Gasteiger partial charge in [0.05, 0.1) is 14.2 Å². The van der Waals surface area contributed by atoms with Crippen LogP contribution in [-0.2, 0) is 9.47 Å². The van der Waals surface area contributed by atoms with Crippen molar-refractivity contribution < 1.29 is 23.8 Å². The number of nitrogens with one attached hydrogen (secondary N) is 1. The number of aromatic nitrogens is 1. The van der Waals surface area contributed by atoms with Gasteiger partial charge in [0.1, 0.15) is 11.3 Å². The molecule has 0 atom stereocenters. The number of anilines is 1. The number of ether oxygens (including phenoxy) is 3. The third-order valence-corrected chi connectivity index (χ3v) is 2.08. The second-order valence-corrected chi connectivity index (χ2v) is 4.87. The molecule has 0 aromatic carbocycles. The van der Waals surface area contributed by atoms with E-state index in [1.54, 1.807) is 20.8 Å². The predicted molar refractivity (Wildman–Crippen MR) is 72.0 cm³/mol. The van der Waals surface area contributed by atoms with Crippen molar-refractivity contribution in [3.8, 4) is 5.88 Å². The van der Waals surface area contributed by atoms with Crippen LogP contribution >= 0.6 is 0 Å². The Bertz CT molecular complexity index is 508. The van der Waals surface area contributed by atoms with Gasteiger partial charge in [0.25, 0.3) is 0 Å². The van der Waals surface area contributed by atoms with Crippen molar-refractivity contribution in [3.05, 3.63) is 17.8 Å². The number of nitrogens with zero attached hydrogens (tertiary/aromatic N) is 1. The van der Waals surface area contributed by atoms with Crippen LogP contribution in [0, 0.1) is 0 Å². The molecule has 0 unspecified atom stereocenters. The van der Waals surface area contributed by atoms with Crippen molar-refractivity contribution in [2.45, 2.75) is 26.4 Å². The highest BCUT2D eigenvalue weighted by Gasteiger charge is 2.19. The van der Waals surface area contributed by atoms with Gasteiger partial charge in [0.2, 0.25) is 5.88 Å². The van der Waals surface area contributed by atoms with Crippen molar-refractivity contribution in [1.29, 1.82) is 0 Å². The Kier molecular flexibility index (Phi) is 4.90. The number of carbonyl (C=O) groups is 2. The number of hydrogen-bond donors (Lipinski definition) is 1. The third-order valence-electron chi connectivity index (χ3n) is 2.08. The topological polar surface area (TPSA) is 86.8 Å². The number of esters is 1. The van der Waals surface area contributed by atoms with Gasteiger partial charge in [0.15, 0.2) is 5.69 Å². The summed E-state index contributed by atoms with van der Waals surface area (Å²) in [5, 5.41) is 2.50. The molecule has 7 heteroatoms. The summed E-state index contributed by atoms with van der Waals surface area (Å²) in [6.45, 7) is 5.26. The Morgan fingerprint density at radius 1 is 1.20 bits per heavy atom. The molecular weight excluding hydrogens is 264 g/mol. The fraction of sp³-hybridized carbons (Fsp3) is 0.462. The second-order valence-electron chi connectivity index (χ2n) is 4.87. The first-order valence-corrected chi connectivity index (χ1v) is 5.90. The van der Waals surface area contributed by atoms with E-state index in [1.807, 2.05) is 0 Å². The minimum Gasteiger partial charge on any atom is -0.479 e. The van der Waals surface area contributed by atoms with E-state index in [2.05, 4.69) is 15.0 Å². The highest BCUT2D eigenvalue weighted by Crippen LogP contribution is 2.23. The maximum absolute atomic E-state index is 11.7. The molecule has 1 aromatic rings. The van der Waals surface area contributed by atoms with Gasteiger partial charge in [-0.3, -0.25) is 5.32 Å². The van der Waals surface area contributed by atoms with Crippen LogP contribution in [0.4, 0.5) is 10.5 Å². The molecule has 0 bridgehead atoms. The van der Waals surface area contributed by atoms with Gasteiger partial charge in [-0.2, -0.15) is 0 Å². The number of carbonyl (C=O) groups excluding carboxylic acids is 2. The average Bonchev–Trinajstić information content (AvgIpc) is 2.36. The van der Waals surface area contributed by atoms with E-state index in [1.165, 1.54) is 26.4 Å². The van der Waals surface area contributed by atoms with Crippen molar-refractivity contribution in [1.82, 2.24) is 4.98 Å². The summed E-state index contributed by atoms with van der Waals surface area (Å²) >= 11 is 0. The molecule has 0 fully saturated rings. The first-order chi connectivity index (χ1) is 9.26. The van der Waals surface area contributed by atoms with E-state index in [-0.39, 0.29) is 11.6 Å². The van der Waals surface area contributed by atoms with Gasteiger partial charge in [0, 0.05) is 0 Å². The summed E-state index contributed by atoms with van der Waals surface area (Å²) in [6.07, 6.45) is -0.636. The standard InChI is InChI=1S/C13H18N2O5/c1-13(2,3)20-12(17)15-8-6-7-9(11(16)19-5)14-10(8)18-4/h6-7H,1-5H3,(H,15,17). The molecule has 0 aliphatic heterocycles. The van der Waals surface area contributed by atoms with Crippen molar-refractivity contribution >= 4 is 17.7 Å². The lowest BCUT2D eigenvalue weighted by atomic mass is 10.2. The van der Waals surface area contributed by atoms with Gasteiger partial charge in [-0.25, -0.2) is 14.6 Å². The molecule has 0 spiro atoms. The number of hydrogen-bond acceptors (Lipinski definition) is 6. The zero-order valence-electron chi connectivity index (χ0n) is 12.1. The van der Waals surface area contributed by atoms with E-state index in [0.29, 0.717) is 5.69 Å². The largest absolute Gasteiger partial charge is 0.479 e. The fourth-order valence-corrected chi connectivity index (χ4v) is 1.32. The molecule has 0 radical (unpaired) electrons. The molecule has 1 heterocycles. The molecule has 110 valence electrons. The number of rotatable bonds is 3. The lowest BCUT2D eigenvalue weighted by Gasteiger charge is -2.20. The predicted octanol–water partition coefficient (Wildman–Crippen LogP) is 2.22. The highest BCUT2D eigenvalue weighted by molar-refractivity contribution is 5.90. The van der Waals surface area contributed by atoms with Crippen molar-refractivity contribution in [2.75, 3.05) is 19.5 Å². The molecule has 1 amide bonds. The number of amides is 1. The van der Waals surface area contributed by atoms with E-state index in [9.17, 15) is 9.59 Å². The summed E-state index contributed by atoms with van der Waals surface area (Å²) in [4.78, 5) is 27.0. The van der Waals surface area contributed by atoms with Crippen LogP contribution < -0.4 is 10.1 Å². The maximum Gasteiger partial charge on any atom is 0.412 e. The monoisotopic (exact) mass is 282 g/mol. The Balaban J connectivity index is 2.91. The lowest BCUT2D eigenvalue weighted by molar-refractivity contribution is 0.0592. The van der Waals surface area contributed by atoms with Gasteiger partial charge in [-0.05, 0) is 32.9 Å². The minimum absolute atomic E-state index is 0.0825. The van der Waals surface area contributed by atoms with E-state index in [0.717, 1.165) is 0 Å². The highest BCUT2D eigenvalue weighted by atomic mass is 16.6. The Morgan fingerprint density at radius 3 is 2.35 bits per heavy atom. The van der Waals surface area contributed by atoms with Crippen molar-refractivity contribution in [2.24, 2.45) is 0 Å². The molecule has 0 aliphatic carbocycles. The van der Waals surface area contributed by atoms with Crippen LogP contribution in [-0.4, -0.2) is 36.9 Å². The lowest BCUT2D eigenvalue weighted by Crippen LogP contribution is -2.27. The smallest absolute Gasteiger partial charge is 0.412 e. The van der Waals surface area contributed by atoms with Crippen LogP contribution in [0.25, 0.3) is 0 Å². The van der Waals surface area contributed by atoms with Gasteiger partial charge in [-0.15, -0.1) is 0 Å². The van der Waals surface area contributed by atoms with E-state index in [4.69, 9.17) is 9.47 Å². The molecule has 0 aliphatic rings. The molecule has 20 heavy (non-hydrogen) atoms.